The van der Waals surface area contributed by atoms with Gasteiger partial charge < -0.3 is 14.8 Å². The molecule has 0 unspecified atom stereocenters. The predicted octanol–water partition coefficient (Wildman–Crippen LogP) is 4.69. The summed E-state index contributed by atoms with van der Waals surface area (Å²) in [6.45, 7) is 5.36. The third-order valence-electron chi connectivity index (χ3n) is 5.26. The average molecular weight is 494 g/mol. The fourth-order valence-corrected chi connectivity index (χ4v) is 4.53. The number of aromatic nitrogens is 1. The zero-order valence-corrected chi connectivity index (χ0v) is 20.7. The summed E-state index contributed by atoms with van der Waals surface area (Å²) in [6, 6.07) is 12.0. The maximum Gasteiger partial charge on any atom is 0.338 e. The topological polar surface area (TPSA) is 97.8 Å². The minimum atomic E-state index is -0.425. The summed E-state index contributed by atoms with van der Waals surface area (Å²) in [5.41, 5.74) is 3.13. The number of anilines is 2. The Balaban J connectivity index is 1.48. The quantitative estimate of drug-likeness (QED) is 0.457. The number of fused-ring (bicyclic) bond motifs is 1. The largest absolute Gasteiger partial charge is 0.482 e. The van der Waals surface area contributed by atoms with E-state index in [1.807, 2.05) is 17.5 Å². The zero-order chi connectivity index (χ0) is 24.9. The van der Waals surface area contributed by atoms with Crippen LogP contribution in [0.25, 0.3) is 11.3 Å². The third-order valence-corrected chi connectivity index (χ3v) is 6.17. The number of aryl methyl sites for hydroxylation is 1. The molecule has 2 heterocycles. The lowest BCUT2D eigenvalue weighted by atomic mass is 10.1. The summed E-state index contributed by atoms with van der Waals surface area (Å²) in [6.07, 6.45) is 1.72. The molecule has 9 heteroatoms. The summed E-state index contributed by atoms with van der Waals surface area (Å²) in [5.74, 6) is -0.557. The van der Waals surface area contributed by atoms with Crippen molar-refractivity contribution >= 4 is 40.5 Å². The Hall–Kier alpha value is -3.72. The number of carbonyl (C=O) groups excluding carboxylic acids is 3. The molecule has 2 amide bonds. The minimum Gasteiger partial charge on any atom is -0.482 e. The van der Waals surface area contributed by atoms with Crippen molar-refractivity contribution in [1.82, 2.24) is 4.98 Å². The van der Waals surface area contributed by atoms with E-state index in [0.717, 1.165) is 29.1 Å². The van der Waals surface area contributed by atoms with Gasteiger partial charge in [0.1, 0.15) is 12.3 Å². The highest BCUT2D eigenvalue weighted by atomic mass is 32.1. The monoisotopic (exact) mass is 493 g/mol. The molecule has 0 bridgehead atoms. The predicted molar refractivity (Wildman–Crippen MR) is 135 cm³/mol. The van der Waals surface area contributed by atoms with Gasteiger partial charge in [0.2, 0.25) is 5.91 Å². The van der Waals surface area contributed by atoms with E-state index in [9.17, 15) is 14.4 Å². The molecule has 0 aliphatic carbocycles. The summed E-state index contributed by atoms with van der Waals surface area (Å²) in [7, 11) is 0. The molecule has 1 aromatic heterocycles. The molecule has 4 rings (SSSR count). The van der Waals surface area contributed by atoms with Gasteiger partial charge in [0, 0.05) is 16.6 Å². The fourth-order valence-electron chi connectivity index (χ4n) is 3.62. The first-order chi connectivity index (χ1) is 16.8. The first kappa shape index (κ1) is 24.4. The SMILES string of the molecule is CCCc1nc(-c2ccc3c(c2)N(CC(=O)Nc2ccc(C(=O)OC(C)C)cc2)C(=O)CO3)cs1. The van der Waals surface area contributed by atoms with Crippen LogP contribution >= 0.6 is 11.3 Å². The molecule has 0 radical (unpaired) electrons. The second-order valence-corrected chi connectivity index (χ2v) is 9.35. The Bertz CT molecular complexity index is 1240. The van der Waals surface area contributed by atoms with Crippen molar-refractivity contribution in [3.63, 3.8) is 0 Å². The Kier molecular flexibility index (Phi) is 7.45. The molecule has 3 aromatic rings. The molecule has 0 spiro atoms. The summed E-state index contributed by atoms with van der Waals surface area (Å²) >= 11 is 1.61. The van der Waals surface area contributed by atoms with E-state index >= 15 is 0 Å². The average Bonchev–Trinajstić information content (AvgIpc) is 3.29. The lowest BCUT2D eigenvalue weighted by Gasteiger charge is -2.29. The lowest BCUT2D eigenvalue weighted by Crippen LogP contribution is -2.43. The molecule has 182 valence electrons. The smallest absolute Gasteiger partial charge is 0.338 e. The number of ether oxygens (including phenoxy) is 2. The van der Waals surface area contributed by atoms with Gasteiger partial charge in [-0.1, -0.05) is 6.92 Å². The number of hydrogen-bond acceptors (Lipinski definition) is 7. The molecule has 0 saturated carbocycles. The Morgan fingerprint density at radius 1 is 1.20 bits per heavy atom. The molecule has 0 fully saturated rings. The Morgan fingerprint density at radius 3 is 2.69 bits per heavy atom. The molecule has 0 saturated heterocycles. The maximum atomic E-state index is 12.8. The molecular weight excluding hydrogens is 466 g/mol. The van der Waals surface area contributed by atoms with Gasteiger partial charge in [0.15, 0.2) is 6.61 Å². The van der Waals surface area contributed by atoms with Crippen molar-refractivity contribution in [3.05, 3.63) is 58.4 Å². The van der Waals surface area contributed by atoms with Crippen LogP contribution in [0.1, 0.15) is 42.6 Å². The molecule has 1 aliphatic heterocycles. The highest BCUT2D eigenvalue weighted by Gasteiger charge is 2.28. The number of thiazole rings is 1. The molecule has 1 aliphatic rings. The highest BCUT2D eigenvalue weighted by Crippen LogP contribution is 2.36. The van der Waals surface area contributed by atoms with Crippen LogP contribution in [0.4, 0.5) is 11.4 Å². The molecule has 35 heavy (non-hydrogen) atoms. The van der Waals surface area contributed by atoms with Gasteiger partial charge in [-0.2, -0.15) is 0 Å². The van der Waals surface area contributed by atoms with Crippen molar-refractivity contribution in [2.45, 2.75) is 39.7 Å². The van der Waals surface area contributed by atoms with E-state index in [1.54, 1.807) is 55.5 Å². The lowest BCUT2D eigenvalue weighted by molar-refractivity contribution is -0.123. The Labute approximate surface area is 207 Å². The van der Waals surface area contributed by atoms with Crippen LogP contribution < -0.4 is 15.0 Å². The van der Waals surface area contributed by atoms with Gasteiger partial charge in [-0.15, -0.1) is 11.3 Å². The second-order valence-electron chi connectivity index (χ2n) is 8.41. The molecule has 0 atom stereocenters. The van der Waals surface area contributed by atoms with Gasteiger partial charge in [0.25, 0.3) is 5.91 Å². The van der Waals surface area contributed by atoms with E-state index in [0.29, 0.717) is 22.7 Å². The number of rotatable bonds is 8. The summed E-state index contributed by atoms with van der Waals surface area (Å²) < 4.78 is 10.8. The van der Waals surface area contributed by atoms with Crippen molar-refractivity contribution in [1.29, 1.82) is 0 Å². The molecule has 8 nitrogen and oxygen atoms in total. The third kappa shape index (κ3) is 5.86. The van der Waals surface area contributed by atoms with E-state index in [4.69, 9.17) is 9.47 Å². The van der Waals surface area contributed by atoms with Crippen LogP contribution in [0.15, 0.2) is 47.8 Å². The van der Waals surface area contributed by atoms with Crippen molar-refractivity contribution in [2.24, 2.45) is 0 Å². The standard InChI is InChI=1S/C26H27N3O5S/c1-4-5-24-28-20(15-35-24)18-8-11-22-21(12-18)29(25(31)14-33-22)13-23(30)27-19-9-6-17(7-10-19)26(32)34-16(2)3/h6-12,15-16H,4-5,13-14H2,1-3H3,(H,27,30). The summed E-state index contributed by atoms with van der Waals surface area (Å²) in [4.78, 5) is 43.5. The van der Waals surface area contributed by atoms with Crippen LogP contribution in [0.3, 0.4) is 0 Å². The first-order valence-corrected chi connectivity index (χ1v) is 12.3. The number of nitrogens with zero attached hydrogens (tertiary/aromatic N) is 2. The second kappa shape index (κ2) is 10.7. The summed E-state index contributed by atoms with van der Waals surface area (Å²) in [5, 5.41) is 5.83. The molecule has 1 N–H and O–H groups in total. The van der Waals surface area contributed by atoms with Gasteiger partial charge in [0.05, 0.1) is 28.1 Å². The maximum absolute atomic E-state index is 12.8. The van der Waals surface area contributed by atoms with E-state index in [2.05, 4.69) is 17.2 Å². The van der Waals surface area contributed by atoms with Crippen molar-refractivity contribution in [2.75, 3.05) is 23.4 Å². The van der Waals surface area contributed by atoms with E-state index in [-0.39, 0.29) is 31.1 Å². The van der Waals surface area contributed by atoms with Gasteiger partial charge in [-0.25, -0.2) is 9.78 Å². The number of benzene rings is 2. The number of amides is 2. The van der Waals surface area contributed by atoms with Gasteiger partial charge in [-0.05, 0) is 69.2 Å². The van der Waals surface area contributed by atoms with Crippen LogP contribution in [0, 0.1) is 0 Å². The van der Waals surface area contributed by atoms with E-state index in [1.165, 1.54) is 4.90 Å². The van der Waals surface area contributed by atoms with Gasteiger partial charge in [-0.3, -0.25) is 14.5 Å². The van der Waals surface area contributed by atoms with E-state index < -0.39 is 5.97 Å². The zero-order valence-electron chi connectivity index (χ0n) is 19.9. The highest BCUT2D eigenvalue weighted by molar-refractivity contribution is 7.09. The van der Waals surface area contributed by atoms with Gasteiger partial charge >= 0.3 is 5.97 Å². The fraction of sp³-hybridized carbons (Fsp3) is 0.308. The number of esters is 1. The number of carbonyl (C=O) groups is 3. The minimum absolute atomic E-state index is 0.135. The number of hydrogen-bond donors (Lipinski definition) is 1. The normalized spacial score (nSPS) is 12.8. The van der Waals surface area contributed by atoms with Crippen molar-refractivity contribution in [3.8, 4) is 17.0 Å². The first-order valence-electron chi connectivity index (χ1n) is 11.5. The Morgan fingerprint density at radius 2 is 1.97 bits per heavy atom. The molecule has 2 aromatic carbocycles. The van der Waals surface area contributed by atoms with Crippen LogP contribution in [0.2, 0.25) is 0 Å². The van der Waals surface area contributed by atoms with Crippen LogP contribution in [0.5, 0.6) is 5.75 Å². The van der Waals surface area contributed by atoms with Crippen LogP contribution in [-0.2, 0) is 20.7 Å². The van der Waals surface area contributed by atoms with Crippen LogP contribution in [-0.4, -0.2) is 42.0 Å². The molecular formula is C26H27N3O5S. The van der Waals surface area contributed by atoms with Crippen molar-refractivity contribution < 1.29 is 23.9 Å². The number of nitrogens with one attached hydrogen (secondary N) is 1.